The van der Waals surface area contributed by atoms with Crippen molar-refractivity contribution in [1.82, 2.24) is 15.3 Å². The molecule has 15 heavy (non-hydrogen) atoms. The Labute approximate surface area is 88.4 Å². The molecule has 0 fully saturated rings. The Morgan fingerprint density at radius 1 is 1.33 bits per heavy atom. The van der Waals surface area contributed by atoms with Gasteiger partial charge in [-0.3, -0.25) is 0 Å². The zero-order valence-electron chi connectivity index (χ0n) is 8.77. The highest BCUT2D eigenvalue weighted by molar-refractivity contribution is 5.29. The van der Waals surface area contributed by atoms with E-state index >= 15 is 0 Å². The van der Waals surface area contributed by atoms with Crippen molar-refractivity contribution in [2.24, 2.45) is 0 Å². The number of nitrogens with one attached hydrogen (secondary N) is 1. The maximum atomic E-state index is 5.29. The molecule has 4 heteroatoms. The number of furan rings is 1. The monoisotopic (exact) mass is 203 g/mol. The van der Waals surface area contributed by atoms with Crippen molar-refractivity contribution in [3.05, 3.63) is 47.9 Å². The summed E-state index contributed by atoms with van der Waals surface area (Å²) in [7, 11) is 1.91. The lowest BCUT2D eigenvalue weighted by Crippen LogP contribution is -2.18. The SMILES string of the molecule is CNC(c1cncnc1)c1ccoc1C. The van der Waals surface area contributed by atoms with E-state index in [-0.39, 0.29) is 6.04 Å². The summed E-state index contributed by atoms with van der Waals surface area (Å²) in [6.07, 6.45) is 6.83. The van der Waals surface area contributed by atoms with Crippen molar-refractivity contribution in [2.75, 3.05) is 7.05 Å². The van der Waals surface area contributed by atoms with Gasteiger partial charge in [-0.25, -0.2) is 9.97 Å². The molecule has 0 aliphatic heterocycles. The number of hydrogen-bond acceptors (Lipinski definition) is 4. The van der Waals surface area contributed by atoms with Gasteiger partial charge in [-0.1, -0.05) is 0 Å². The summed E-state index contributed by atoms with van der Waals surface area (Å²) in [5.41, 5.74) is 2.15. The standard InChI is InChI=1S/C11H13N3O/c1-8-10(3-4-15-8)11(12-2)9-5-13-7-14-6-9/h3-7,11-12H,1-2H3. The summed E-state index contributed by atoms with van der Waals surface area (Å²) in [6.45, 7) is 1.95. The first-order valence-corrected chi connectivity index (χ1v) is 4.79. The molecular formula is C11H13N3O. The van der Waals surface area contributed by atoms with Gasteiger partial charge in [0, 0.05) is 23.5 Å². The molecule has 0 saturated heterocycles. The maximum Gasteiger partial charge on any atom is 0.115 e. The van der Waals surface area contributed by atoms with Gasteiger partial charge in [0.15, 0.2) is 0 Å². The summed E-state index contributed by atoms with van der Waals surface area (Å²) in [5.74, 6) is 0.915. The average molecular weight is 203 g/mol. The molecule has 1 unspecified atom stereocenters. The second-order valence-corrected chi connectivity index (χ2v) is 3.33. The lowest BCUT2D eigenvalue weighted by molar-refractivity contribution is 0.523. The number of hydrogen-bond donors (Lipinski definition) is 1. The molecule has 2 heterocycles. The summed E-state index contributed by atoms with van der Waals surface area (Å²) in [6, 6.07) is 2.05. The van der Waals surface area contributed by atoms with Crippen LogP contribution in [0.3, 0.4) is 0 Å². The minimum atomic E-state index is 0.0879. The van der Waals surface area contributed by atoms with E-state index in [4.69, 9.17) is 4.42 Å². The van der Waals surface area contributed by atoms with Crippen LogP contribution in [0.5, 0.6) is 0 Å². The first-order chi connectivity index (χ1) is 7.33. The van der Waals surface area contributed by atoms with Gasteiger partial charge in [-0.2, -0.15) is 0 Å². The fourth-order valence-corrected chi connectivity index (χ4v) is 1.66. The Kier molecular flexibility index (Phi) is 2.78. The second-order valence-electron chi connectivity index (χ2n) is 3.33. The third-order valence-corrected chi connectivity index (χ3v) is 2.41. The minimum absolute atomic E-state index is 0.0879. The average Bonchev–Trinajstić information content (AvgIpc) is 2.68. The molecule has 0 spiro atoms. The van der Waals surface area contributed by atoms with Crippen molar-refractivity contribution in [1.29, 1.82) is 0 Å². The number of nitrogens with zero attached hydrogens (tertiary/aromatic N) is 2. The van der Waals surface area contributed by atoms with Crippen LogP contribution in [0.15, 0.2) is 35.5 Å². The molecule has 2 aromatic heterocycles. The molecule has 4 nitrogen and oxygen atoms in total. The number of aromatic nitrogens is 2. The highest BCUT2D eigenvalue weighted by Crippen LogP contribution is 2.23. The van der Waals surface area contributed by atoms with Crippen LogP contribution in [0.4, 0.5) is 0 Å². The van der Waals surface area contributed by atoms with Gasteiger partial charge in [-0.05, 0) is 20.0 Å². The summed E-state index contributed by atoms with van der Waals surface area (Å²) in [5, 5.41) is 3.22. The van der Waals surface area contributed by atoms with E-state index in [0.29, 0.717) is 0 Å². The molecule has 78 valence electrons. The lowest BCUT2D eigenvalue weighted by atomic mass is 10.0. The second kappa shape index (κ2) is 4.23. The number of aryl methyl sites for hydroxylation is 1. The van der Waals surface area contributed by atoms with E-state index in [1.54, 1.807) is 18.7 Å². The summed E-state index contributed by atoms with van der Waals surface area (Å²) >= 11 is 0. The van der Waals surface area contributed by atoms with Crippen LogP contribution in [0, 0.1) is 6.92 Å². The highest BCUT2D eigenvalue weighted by atomic mass is 16.3. The highest BCUT2D eigenvalue weighted by Gasteiger charge is 2.16. The van der Waals surface area contributed by atoms with Gasteiger partial charge in [0.2, 0.25) is 0 Å². The molecule has 2 aromatic rings. The molecule has 0 aromatic carbocycles. The van der Waals surface area contributed by atoms with Crippen molar-refractivity contribution in [3.63, 3.8) is 0 Å². The predicted molar refractivity (Wildman–Crippen MR) is 56.4 cm³/mol. The van der Waals surface area contributed by atoms with Crippen molar-refractivity contribution in [2.45, 2.75) is 13.0 Å². The Balaban J connectivity index is 2.37. The topological polar surface area (TPSA) is 51.0 Å². The number of rotatable bonds is 3. The Morgan fingerprint density at radius 3 is 2.60 bits per heavy atom. The van der Waals surface area contributed by atoms with E-state index in [1.165, 1.54) is 6.33 Å². The molecule has 0 bridgehead atoms. The first kappa shape index (κ1) is 9.86. The van der Waals surface area contributed by atoms with Gasteiger partial charge in [0.1, 0.15) is 12.1 Å². The van der Waals surface area contributed by atoms with Crippen LogP contribution in [-0.4, -0.2) is 17.0 Å². The summed E-state index contributed by atoms with van der Waals surface area (Å²) in [4.78, 5) is 8.02. The third-order valence-electron chi connectivity index (χ3n) is 2.41. The van der Waals surface area contributed by atoms with E-state index in [0.717, 1.165) is 16.9 Å². The molecule has 0 amide bonds. The van der Waals surface area contributed by atoms with E-state index in [9.17, 15) is 0 Å². The molecule has 0 aliphatic rings. The lowest BCUT2D eigenvalue weighted by Gasteiger charge is -2.14. The van der Waals surface area contributed by atoms with Crippen LogP contribution < -0.4 is 5.32 Å². The van der Waals surface area contributed by atoms with Crippen LogP contribution >= 0.6 is 0 Å². The third kappa shape index (κ3) is 1.89. The molecule has 0 aliphatic carbocycles. The van der Waals surface area contributed by atoms with E-state index in [2.05, 4.69) is 15.3 Å². The van der Waals surface area contributed by atoms with Crippen molar-refractivity contribution >= 4 is 0 Å². The van der Waals surface area contributed by atoms with Gasteiger partial charge in [0.05, 0.1) is 12.3 Å². The smallest absolute Gasteiger partial charge is 0.115 e. The molecule has 0 saturated carbocycles. The van der Waals surface area contributed by atoms with Crippen molar-refractivity contribution < 1.29 is 4.42 Å². The molecule has 1 N–H and O–H groups in total. The Morgan fingerprint density at radius 2 is 2.07 bits per heavy atom. The van der Waals surface area contributed by atoms with Crippen LogP contribution in [-0.2, 0) is 0 Å². The largest absolute Gasteiger partial charge is 0.469 e. The van der Waals surface area contributed by atoms with Gasteiger partial charge in [-0.15, -0.1) is 0 Å². The zero-order chi connectivity index (χ0) is 10.7. The minimum Gasteiger partial charge on any atom is -0.469 e. The predicted octanol–water partition coefficient (Wildman–Crippen LogP) is 1.69. The van der Waals surface area contributed by atoms with E-state index in [1.807, 2.05) is 20.0 Å². The summed E-state index contributed by atoms with van der Waals surface area (Å²) < 4.78 is 5.29. The molecule has 2 rings (SSSR count). The molecular weight excluding hydrogens is 190 g/mol. The fraction of sp³-hybridized carbons (Fsp3) is 0.273. The van der Waals surface area contributed by atoms with E-state index < -0.39 is 0 Å². The first-order valence-electron chi connectivity index (χ1n) is 4.79. The van der Waals surface area contributed by atoms with Crippen LogP contribution in [0.25, 0.3) is 0 Å². The van der Waals surface area contributed by atoms with Crippen LogP contribution in [0.2, 0.25) is 0 Å². The quantitative estimate of drug-likeness (QED) is 0.824. The maximum absolute atomic E-state index is 5.29. The van der Waals surface area contributed by atoms with Crippen molar-refractivity contribution in [3.8, 4) is 0 Å². The Bertz CT molecular complexity index is 424. The zero-order valence-corrected chi connectivity index (χ0v) is 8.77. The molecule has 0 radical (unpaired) electrons. The van der Waals surface area contributed by atoms with Crippen LogP contribution in [0.1, 0.15) is 22.9 Å². The van der Waals surface area contributed by atoms with Gasteiger partial charge >= 0.3 is 0 Å². The normalized spacial score (nSPS) is 12.7. The van der Waals surface area contributed by atoms with Gasteiger partial charge in [0.25, 0.3) is 0 Å². The van der Waals surface area contributed by atoms with Gasteiger partial charge < -0.3 is 9.73 Å². The molecule has 1 atom stereocenters. The Hall–Kier alpha value is -1.68. The fourth-order valence-electron chi connectivity index (χ4n) is 1.66.